The van der Waals surface area contributed by atoms with E-state index in [0.29, 0.717) is 16.9 Å². The van der Waals surface area contributed by atoms with Crippen LogP contribution in [0.1, 0.15) is 22.7 Å². The van der Waals surface area contributed by atoms with Crippen LogP contribution in [0, 0.1) is 6.92 Å². The summed E-state index contributed by atoms with van der Waals surface area (Å²) >= 11 is 0. The maximum absolute atomic E-state index is 13.1. The van der Waals surface area contributed by atoms with Crippen molar-refractivity contribution in [3.8, 4) is 11.5 Å². The lowest BCUT2D eigenvalue weighted by atomic mass is 9.94. The summed E-state index contributed by atoms with van der Waals surface area (Å²) in [6, 6.07) is 19.4. The van der Waals surface area contributed by atoms with E-state index in [1.807, 2.05) is 25.1 Å². The Labute approximate surface area is 179 Å². The molecule has 3 aromatic rings. The van der Waals surface area contributed by atoms with Crippen LogP contribution in [0.25, 0.3) is 5.76 Å². The van der Waals surface area contributed by atoms with Crippen LogP contribution in [-0.2, 0) is 9.59 Å². The summed E-state index contributed by atoms with van der Waals surface area (Å²) in [6.45, 7) is 1.90. The van der Waals surface area contributed by atoms with Crippen LogP contribution in [0.3, 0.4) is 0 Å². The Balaban J connectivity index is 1.95. The van der Waals surface area contributed by atoms with Crippen LogP contribution in [0.5, 0.6) is 11.5 Å². The van der Waals surface area contributed by atoms with E-state index >= 15 is 0 Å². The minimum Gasteiger partial charge on any atom is -0.507 e. The molecule has 0 saturated carbocycles. The van der Waals surface area contributed by atoms with Gasteiger partial charge in [-0.2, -0.15) is 0 Å². The zero-order valence-corrected chi connectivity index (χ0v) is 17.1. The quantitative estimate of drug-likeness (QED) is 0.376. The number of amides is 1. The van der Waals surface area contributed by atoms with Gasteiger partial charge in [-0.25, -0.2) is 0 Å². The lowest BCUT2D eigenvalue weighted by Gasteiger charge is -2.26. The number of carbonyl (C=O) groups is 2. The topological polar surface area (TPSA) is 87.1 Å². The van der Waals surface area contributed by atoms with E-state index in [0.717, 1.165) is 5.56 Å². The van der Waals surface area contributed by atoms with Crippen molar-refractivity contribution in [1.82, 2.24) is 0 Å². The number of Topliss-reactive ketones (excluding diaryl/α,β-unsaturated/α-hetero) is 1. The number of ketones is 1. The van der Waals surface area contributed by atoms with Gasteiger partial charge in [0, 0.05) is 5.56 Å². The Hall–Kier alpha value is -4.06. The second-order valence-electron chi connectivity index (χ2n) is 7.30. The predicted molar refractivity (Wildman–Crippen MR) is 117 cm³/mol. The third-order valence-corrected chi connectivity index (χ3v) is 5.31. The molecule has 1 saturated heterocycles. The molecule has 1 fully saturated rings. The summed E-state index contributed by atoms with van der Waals surface area (Å²) in [4.78, 5) is 27.4. The molecular formula is C25H21NO5. The molecule has 1 atom stereocenters. The second kappa shape index (κ2) is 7.99. The van der Waals surface area contributed by atoms with Gasteiger partial charge in [0.1, 0.15) is 17.3 Å². The number of methoxy groups -OCH3 is 1. The largest absolute Gasteiger partial charge is 0.507 e. The van der Waals surface area contributed by atoms with E-state index in [4.69, 9.17) is 4.74 Å². The number of phenolic OH excluding ortho intramolecular Hbond substituents is 1. The van der Waals surface area contributed by atoms with Crippen LogP contribution in [0.2, 0.25) is 0 Å². The Morgan fingerprint density at radius 2 is 1.68 bits per heavy atom. The molecule has 4 rings (SSSR count). The SMILES string of the molecule is COc1ccc(/C(O)=C2/C(=O)C(=O)N(c3ccccc3O)C2c2cccc(C)c2)cc1. The third kappa shape index (κ3) is 3.53. The zero-order chi connectivity index (χ0) is 22.1. The fraction of sp³-hybridized carbons (Fsp3) is 0.120. The molecule has 1 aliphatic rings. The van der Waals surface area contributed by atoms with Crippen molar-refractivity contribution in [2.45, 2.75) is 13.0 Å². The van der Waals surface area contributed by atoms with Gasteiger partial charge in [0.05, 0.1) is 24.4 Å². The van der Waals surface area contributed by atoms with Crippen molar-refractivity contribution in [2.24, 2.45) is 0 Å². The highest BCUT2D eigenvalue weighted by Gasteiger charge is 2.47. The van der Waals surface area contributed by atoms with Crippen molar-refractivity contribution in [3.63, 3.8) is 0 Å². The van der Waals surface area contributed by atoms with Crippen molar-refractivity contribution in [1.29, 1.82) is 0 Å². The molecule has 6 heteroatoms. The van der Waals surface area contributed by atoms with E-state index in [9.17, 15) is 19.8 Å². The summed E-state index contributed by atoms with van der Waals surface area (Å²) in [5.74, 6) is -1.45. The number of hydrogen-bond acceptors (Lipinski definition) is 5. The van der Waals surface area contributed by atoms with Crippen molar-refractivity contribution in [2.75, 3.05) is 12.0 Å². The van der Waals surface area contributed by atoms with E-state index in [1.54, 1.807) is 48.5 Å². The molecule has 156 valence electrons. The van der Waals surface area contributed by atoms with Crippen LogP contribution in [-0.4, -0.2) is 29.0 Å². The number of aliphatic hydroxyl groups is 1. The number of aryl methyl sites for hydroxylation is 1. The zero-order valence-electron chi connectivity index (χ0n) is 17.1. The minimum atomic E-state index is -0.893. The van der Waals surface area contributed by atoms with Crippen molar-refractivity contribution >= 4 is 23.1 Å². The fourth-order valence-electron chi connectivity index (χ4n) is 3.81. The number of aromatic hydroxyl groups is 1. The first kappa shape index (κ1) is 20.2. The lowest BCUT2D eigenvalue weighted by molar-refractivity contribution is -0.132. The van der Waals surface area contributed by atoms with Crippen LogP contribution < -0.4 is 9.64 Å². The van der Waals surface area contributed by atoms with Crippen LogP contribution in [0.15, 0.2) is 78.4 Å². The summed E-state index contributed by atoms with van der Waals surface area (Å²) in [6.07, 6.45) is 0. The summed E-state index contributed by atoms with van der Waals surface area (Å²) in [5, 5.41) is 21.5. The van der Waals surface area contributed by atoms with E-state index < -0.39 is 17.7 Å². The molecule has 31 heavy (non-hydrogen) atoms. The number of rotatable bonds is 4. The third-order valence-electron chi connectivity index (χ3n) is 5.31. The number of carbonyl (C=O) groups excluding carboxylic acids is 2. The van der Waals surface area contributed by atoms with E-state index in [2.05, 4.69) is 0 Å². The number of para-hydroxylation sites is 2. The molecule has 3 aromatic carbocycles. The van der Waals surface area contributed by atoms with Gasteiger partial charge in [-0.1, -0.05) is 42.0 Å². The maximum Gasteiger partial charge on any atom is 0.300 e. The molecule has 0 spiro atoms. The number of benzene rings is 3. The Bertz CT molecular complexity index is 1200. The first-order valence-corrected chi connectivity index (χ1v) is 9.72. The highest BCUT2D eigenvalue weighted by Crippen LogP contribution is 2.44. The predicted octanol–water partition coefficient (Wildman–Crippen LogP) is 4.34. The molecule has 0 aliphatic carbocycles. The summed E-state index contributed by atoms with van der Waals surface area (Å²) in [7, 11) is 1.53. The molecule has 1 heterocycles. The van der Waals surface area contributed by atoms with Gasteiger partial charge in [0.25, 0.3) is 11.7 Å². The molecule has 2 N–H and O–H groups in total. The number of nitrogens with zero attached hydrogens (tertiary/aromatic N) is 1. The number of ether oxygens (including phenoxy) is 1. The van der Waals surface area contributed by atoms with Gasteiger partial charge in [-0.05, 0) is 48.9 Å². The molecule has 1 aliphatic heterocycles. The number of anilines is 1. The van der Waals surface area contributed by atoms with E-state index in [1.165, 1.54) is 18.1 Å². The maximum atomic E-state index is 13.1. The van der Waals surface area contributed by atoms with Gasteiger partial charge in [0.2, 0.25) is 0 Å². The van der Waals surface area contributed by atoms with E-state index in [-0.39, 0.29) is 22.8 Å². The van der Waals surface area contributed by atoms with Crippen molar-refractivity contribution < 1.29 is 24.5 Å². The summed E-state index contributed by atoms with van der Waals surface area (Å²) < 4.78 is 5.15. The van der Waals surface area contributed by atoms with Crippen LogP contribution in [0.4, 0.5) is 5.69 Å². The summed E-state index contributed by atoms with van der Waals surface area (Å²) in [5.41, 5.74) is 2.13. The highest BCUT2D eigenvalue weighted by atomic mass is 16.5. The number of aliphatic hydroxyl groups excluding tert-OH is 1. The highest BCUT2D eigenvalue weighted by molar-refractivity contribution is 6.51. The molecule has 6 nitrogen and oxygen atoms in total. The average molecular weight is 415 g/mol. The monoisotopic (exact) mass is 415 g/mol. The van der Waals surface area contributed by atoms with Crippen LogP contribution >= 0.6 is 0 Å². The second-order valence-corrected chi connectivity index (χ2v) is 7.30. The van der Waals surface area contributed by atoms with Gasteiger partial charge < -0.3 is 14.9 Å². The number of phenols is 1. The van der Waals surface area contributed by atoms with Crippen molar-refractivity contribution in [3.05, 3.63) is 95.1 Å². The Kier molecular flexibility index (Phi) is 5.21. The minimum absolute atomic E-state index is 0.0379. The smallest absolute Gasteiger partial charge is 0.300 e. The normalized spacial score (nSPS) is 17.7. The molecule has 1 amide bonds. The Morgan fingerprint density at radius 3 is 2.32 bits per heavy atom. The molecule has 1 unspecified atom stereocenters. The average Bonchev–Trinajstić information content (AvgIpc) is 3.04. The first-order valence-electron chi connectivity index (χ1n) is 9.72. The van der Waals surface area contributed by atoms with Gasteiger partial charge >= 0.3 is 0 Å². The standard InChI is InChI=1S/C25H21NO5/c1-15-6-5-7-17(14-15)22-21(23(28)16-10-12-18(31-2)13-11-16)24(29)25(30)26(22)19-8-3-4-9-20(19)27/h3-14,22,27-28H,1-2H3/b23-21-. The lowest BCUT2D eigenvalue weighted by Crippen LogP contribution is -2.29. The first-order chi connectivity index (χ1) is 14.9. The molecule has 0 bridgehead atoms. The van der Waals surface area contributed by atoms with Gasteiger partial charge in [0.15, 0.2) is 0 Å². The van der Waals surface area contributed by atoms with Gasteiger partial charge in [-0.15, -0.1) is 0 Å². The fourth-order valence-corrected chi connectivity index (χ4v) is 3.81. The Morgan fingerprint density at radius 1 is 0.968 bits per heavy atom. The molecule has 0 radical (unpaired) electrons. The molecular weight excluding hydrogens is 394 g/mol. The molecule has 0 aromatic heterocycles. The number of hydrogen-bond donors (Lipinski definition) is 2. The van der Waals surface area contributed by atoms with Gasteiger partial charge in [-0.3, -0.25) is 14.5 Å².